The number of imidazole rings is 1. The van der Waals surface area contributed by atoms with Crippen molar-refractivity contribution in [2.45, 2.75) is 38.1 Å². The molecule has 1 saturated heterocycles. The summed E-state index contributed by atoms with van der Waals surface area (Å²) >= 11 is 0. The van der Waals surface area contributed by atoms with Crippen LogP contribution < -0.4 is 0 Å². The number of hydrogen-bond donors (Lipinski definition) is 0. The Labute approximate surface area is 165 Å². The molecule has 1 fully saturated rings. The lowest BCUT2D eigenvalue weighted by atomic mass is 9.87. The third kappa shape index (κ3) is 4.11. The van der Waals surface area contributed by atoms with E-state index in [1.807, 2.05) is 40.9 Å². The molecule has 4 rings (SSSR count). The van der Waals surface area contributed by atoms with E-state index in [9.17, 15) is 4.79 Å². The van der Waals surface area contributed by atoms with Crippen molar-refractivity contribution in [3.63, 3.8) is 0 Å². The number of carbonyl (C=O) groups excluding carboxylic acids is 1. The first-order valence-electron chi connectivity index (χ1n) is 9.78. The summed E-state index contributed by atoms with van der Waals surface area (Å²) in [5.41, 5.74) is 2.28. The third-order valence-corrected chi connectivity index (χ3v) is 5.44. The van der Waals surface area contributed by atoms with Gasteiger partial charge in [-0.3, -0.25) is 4.79 Å². The topological polar surface area (TPSA) is 63.9 Å². The first-order chi connectivity index (χ1) is 13.7. The quantitative estimate of drug-likeness (QED) is 0.664. The van der Waals surface area contributed by atoms with Crippen LogP contribution in [-0.2, 0) is 11.3 Å². The van der Waals surface area contributed by atoms with E-state index in [-0.39, 0.29) is 17.7 Å². The molecule has 1 aliphatic rings. The molecule has 1 amide bonds. The fraction of sp³-hybridized carbons (Fsp3) is 0.364. The molecule has 0 spiro atoms. The maximum atomic E-state index is 12.9. The highest BCUT2D eigenvalue weighted by Gasteiger charge is 2.37. The summed E-state index contributed by atoms with van der Waals surface area (Å²) in [5.74, 6) is 1.44. The van der Waals surface area contributed by atoms with Gasteiger partial charge in [0, 0.05) is 62.2 Å². The number of carbonyl (C=O) groups is 1. The second kappa shape index (κ2) is 8.33. The molecule has 6 heteroatoms. The summed E-state index contributed by atoms with van der Waals surface area (Å²) < 4.78 is 2.01. The number of likely N-dealkylation sites (tertiary alicyclic amines) is 1. The molecule has 3 aromatic rings. The summed E-state index contributed by atoms with van der Waals surface area (Å²) in [6.45, 7) is 4.17. The van der Waals surface area contributed by atoms with E-state index in [0.717, 1.165) is 31.0 Å². The van der Waals surface area contributed by atoms with E-state index in [2.05, 4.69) is 39.2 Å². The predicted octanol–water partition coefficient (Wildman–Crippen LogP) is 3.17. The second-order valence-corrected chi connectivity index (χ2v) is 7.36. The number of nitrogens with zero attached hydrogens (tertiary/aromatic N) is 5. The largest absolute Gasteiger partial charge is 0.341 e. The Morgan fingerprint density at radius 2 is 1.93 bits per heavy atom. The minimum atomic E-state index is 0.196. The van der Waals surface area contributed by atoms with Gasteiger partial charge in [0.05, 0.1) is 6.33 Å². The molecule has 28 heavy (non-hydrogen) atoms. The zero-order chi connectivity index (χ0) is 19.3. The molecule has 144 valence electrons. The number of aryl methyl sites for hydroxylation is 2. The molecule has 6 nitrogen and oxygen atoms in total. The van der Waals surface area contributed by atoms with Gasteiger partial charge in [-0.1, -0.05) is 30.3 Å². The van der Waals surface area contributed by atoms with Gasteiger partial charge in [0.1, 0.15) is 5.82 Å². The zero-order valence-electron chi connectivity index (χ0n) is 16.1. The van der Waals surface area contributed by atoms with Gasteiger partial charge in [-0.05, 0) is 25.0 Å². The van der Waals surface area contributed by atoms with Crippen molar-refractivity contribution in [2.24, 2.45) is 0 Å². The van der Waals surface area contributed by atoms with Gasteiger partial charge in [-0.15, -0.1) is 0 Å². The lowest BCUT2D eigenvalue weighted by molar-refractivity contribution is -0.130. The van der Waals surface area contributed by atoms with Crippen LogP contribution in [0.5, 0.6) is 0 Å². The molecule has 0 N–H and O–H groups in total. The summed E-state index contributed by atoms with van der Waals surface area (Å²) in [4.78, 5) is 27.8. The Morgan fingerprint density at radius 3 is 2.68 bits per heavy atom. The molecule has 0 saturated carbocycles. The van der Waals surface area contributed by atoms with Crippen LogP contribution in [0.4, 0.5) is 0 Å². The van der Waals surface area contributed by atoms with Gasteiger partial charge in [0.25, 0.3) is 0 Å². The SMILES string of the molecule is Cc1nccc([C@@H]2CN(C(=O)CCCn3ccnc3)C[C@H]2c2ccccc2)n1. The lowest BCUT2D eigenvalue weighted by Crippen LogP contribution is -2.28. The molecule has 2 atom stereocenters. The molecule has 2 aromatic heterocycles. The van der Waals surface area contributed by atoms with Crippen LogP contribution in [-0.4, -0.2) is 43.4 Å². The standard InChI is InChI=1S/C22H25N5O/c1-17-24-10-9-21(25-17)20-15-27(14-19(20)18-6-3-2-4-7-18)22(28)8-5-12-26-13-11-23-16-26/h2-4,6-7,9-11,13,16,19-20H,5,8,12,14-15H2,1H3/t19-,20+/m0/s1. The summed E-state index contributed by atoms with van der Waals surface area (Å²) in [7, 11) is 0. The van der Waals surface area contributed by atoms with Crippen molar-refractivity contribution in [1.82, 2.24) is 24.4 Å². The smallest absolute Gasteiger partial charge is 0.222 e. The van der Waals surface area contributed by atoms with Gasteiger partial charge in [0.15, 0.2) is 0 Å². The monoisotopic (exact) mass is 375 g/mol. The van der Waals surface area contributed by atoms with Gasteiger partial charge < -0.3 is 9.47 Å². The Hall–Kier alpha value is -3.02. The predicted molar refractivity (Wildman–Crippen MR) is 107 cm³/mol. The minimum absolute atomic E-state index is 0.196. The van der Waals surface area contributed by atoms with E-state index in [1.54, 1.807) is 12.5 Å². The van der Waals surface area contributed by atoms with Gasteiger partial charge >= 0.3 is 0 Å². The van der Waals surface area contributed by atoms with Crippen molar-refractivity contribution in [3.05, 3.63) is 78.4 Å². The molecule has 3 heterocycles. The van der Waals surface area contributed by atoms with Crippen LogP contribution in [0.1, 0.15) is 41.8 Å². The van der Waals surface area contributed by atoms with Crippen LogP contribution in [0.15, 0.2) is 61.3 Å². The van der Waals surface area contributed by atoms with Gasteiger partial charge in [-0.2, -0.15) is 0 Å². The van der Waals surface area contributed by atoms with Crippen LogP contribution in [0, 0.1) is 6.92 Å². The van der Waals surface area contributed by atoms with E-state index in [0.29, 0.717) is 13.0 Å². The summed E-state index contributed by atoms with van der Waals surface area (Å²) in [6.07, 6.45) is 8.67. The highest BCUT2D eigenvalue weighted by Crippen LogP contribution is 2.39. The average molecular weight is 375 g/mol. The number of hydrogen-bond acceptors (Lipinski definition) is 4. The number of benzene rings is 1. The Bertz CT molecular complexity index is 910. The van der Waals surface area contributed by atoms with Crippen LogP contribution in [0.25, 0.3) is 0 Å². The minimum Gasteiger partial charge on any atom is -0.341 e. The van der Waals surface area contributed by atoms with Crippen molar-refractivity contribution in [1.29, 1.82) is 0 Å². The highest BCUT2D eigenvalue weighted by molar-refractivity contribution is 5.76. The van der Waals surface area contributed by atoms with E-state index in [4.69, 9.17) is 0 Å². The second-order valence-electron chi connectivity index (χ2n) is 7.36. The average Bonchev–Trinajstić information content (AvgIpc) is 3.39. The fourth-order valence-corrected chi connectivity index (χ4v) is 4.02. The van der Waals surface area contributed by atoms with E-state index < -0.39 is 0 Å². The first kappa shape index (κ1) is 18.3. The van der Waals surface area contributed by atoms with E-state index >= 15 is 0 Å². The Balaban J connectivity index is 1.48. The van der Waals surface area contributed by atoms with E-state index in [1.165, 1.54) is 5.56 Å². The number of aromatic nitrogens is 4. The number of rotatable bonds is 6. The molecule has 1 aliphatic heterocycles. The molecule has 0 radical (unpaired) electrons. The van der Waals surface area contributed by atoms with Crippen molar-refractivity contribution < 1.29 is 4.79 Å². The maximum Gasteiger partial charge on any atom is 0.222 e. The Kier molecular flexibility index (Phi) is 5.46. The summed E-state index contributed by atoms with van der Waals surface area (Å²) in [5, 5.41) is 0. The third-order valence-electron chi connectivity index (χ3n) is 5.44. The molecule has 0 bridgehead atoms. The van der Waals surface area contributed by atoms with Gasteiger partial charge in [0.2, 0.25) is 5.91 Å². The Morgan fingerprint density at radius 1 is 1.11 bits per heavy atom. The van der Waals surface area contributed by atoms with Crippen molar-refractivity contribution in [2.75, 3.05) is 13.1 Å². The lowest BCUT2D eigenvalue weighted by Gasteiger charge is -2.18. The molecular weight excluding hydrogens is 350 g/mol. The fourth-order valence-electron chi connectivity index (χ4n) is 4.02. The number of amides is 1. The zero-order valence-corrected chi connectivity index (χ0v) is 16.1. The maximum absolute atomic E-state index is 12.9. The first-order valence-corrected chi connectivity index (χ1v) is 9.78. The van der Waals surface area contributed by atoms with Crippen LogP contribution >= 0.6 is 0 Å². The van der Waals surface area contributed by atoms with Crippen molar-refractivity contribution in [3.8, 4) is 0 Å². The van der Waals surface area contributed by atoms with Crippen LogP contribution in [0.2, 0.25) is 0 Å². The highest BCUT2D eigenvalue weighted by atomic mass is 16.2. The van der Waals surface area contributed by atoms with Crippen molar-refractivity contribution >= 4 is 5.91 Å². The van der Waals surface area contributed by atoms with Crippen LogP contribution in [0.3, 0.4) is 0 Å². The molecule has 0 unspecified atom stereocenters. The summed E-state index contributed by atoms with van der Waals surface area (Å²) in [6, 6.07) is 12.4. The molecule has 1 aromatic carbocycles. The molecular formula is C22H25N5O. The van der Waals surface area contributed by atoms with Gasteiger partial charge in [-0.25, -0.2) is 15.0 Å². The normalized spacial score (nSPS) is 19.1. The molecule has 0 aliphatic carbocycles.